The number of aromatic nitrogens is 2. The Bertz CT molecular complexity index is 612. The molecule has 0 spiro atoms. The zero-order valence-corrected chi connectivity index (χ0v) is 13.7. The minimum Gasteiger partial charge on any atom is -0.353 e. The van der Waals surface area contributed by atoms with E-state index in [0.717, 1.165) is 11.8 Å². The number of carbonyl (C=O) groups is 1. The fourth-order valence-electron chi connectivity index (χ4n) is 4.36. The smallest absolute Gasteiger partial charge is 0.309 e. The summed E-state index contributed by atoms with van der Waals surface area (Å²) in [5.74, 6) is 2.27. The lowest BCUT2D eigenvalue weighted by atomic mass is 9.84. The quantitative estimate of drug-likeness (QED) is 0.644. The summed E-state index contributed by atoms with van der Waals surface area (Å²) in [6.45, 7) is 4.07. The number of hydrogen-bond acceptors (Lipinski definition) is 4. The SMILES string of the molecule is Cc1nn(CCC(=O)NC(C)C2CC3CCC2C3)cc1[N+](=O)[O-]. The molecule has 1 heterocycles. The summed E-state index contributed by atoms with van der Waals surface area (Å²) < 4.78 is 1.48. The average Bonchev–Trinajstić information content (AvgIpc) is 3.19. The van der Waals surface area contributed by atoms with Gasteiger partial charge in [-0.3, -0.25) is 19.6 Å². The topological polar surface area (TPSA) is 90.1 Å². The molecule has 1 amide bonds. The van der Waals surface area contributed by atoms with E-state index in [-0.39, 0.29) is 17.6 Å². The van der Waals surface area contributed by atoms with Gasteiger partial charge in [0.15, 0.2) is 0 Å². The van der Waals surface area contributed by atoms with Crippen molar-refractivity contribution in [2.75, 3.05) is 0 Å². The molecule has 1 aromatic rings. The molecule has 7 heteroatoms. The molecule has 0 radical (unpaired) electrons. The van der Waals surface area contributed by atoms with E-state index in [1.54, 1.807) is 6.92 Å². The number of nitrogens with zero attached hydrogens (tertiary/aromatic N) is 3. The van der Waals surface area contributed by atoms with Gasteiger partial charge in [-0.15, -0.1) is 0 Å². The van der Waals surface area contributed by atoms with Crippen LogP contribution in [-0.2, 0) is 11.3 Å². The highest BCUT2D eigenvalue weighted by atomic mass is 16.6. The van der Waals surface area contributed by atoms with Crippen LogP contribution in [0.1, 0.15) is 44.7 Å². The Balaban J connectivity index is 1.48. The first-order valence-electron chi connectivity index (χ1n) is 8.42. The van der Waals surface area contributed by atoms with Gasteiger partial charge in [-0.05, 0) is 50.9 Å². The summed E-state index contributed by atoms with van der Waals surface area (Å²) in [4.78, 5) is 22.5. The highest BCUT2D eigenvalue weighted by Crippen LogP contribution is 2.49. The van der Waals surface area contributed by atoms with Gasteiger partial charge in [-0.2, -0.15) is 5.10 Å². The third kappa shape index (κ3) is 3.38. The minimum absolute atomic E-state index is 0.000701. The number of fused-ring (bicyclic) bond motifs is 2. The molecule has 7 nitrogen and oxygen atoms in total. The summed E-state index contributed by atoms with van der Waals surface area (Å²) in [6, 6.07) is 0.214. The molecule has 3 rings (SSSR count). The van der Waals surface area contributed by atoms with Crippen LogP contribution in [-0.4, -0.2) is 26.7 Å². The van der Waals surface area contributed by atoms with Gasteiger partial charge in [0.2, 0.25) is 5.91 Å². The molecular formula is C16H24N4O3. The predicted octanol–water partition coefficient (Wildman–Crippen LogP) is 2.43. The van der Waals surface area contributed by atoms with Crippen molar-refractivity contribution < 1.29 is 9.72 Å². The lowest BCUT2D eigenvalue weighted by Crippen LogP contribution is -2.40. The van der Waals surface area contributed by atoms with Crippen LogP contribution in [0.15, 0.2) is 6.20 Å². The number of rotatable bonds is 6. The van der Waals surface area contributed by atoms with Crippen LogP contribution >= 0.6 is 0 Å². The molecule has 4 unspecified atom stereocenters. The summed E-state index contributed by atoms with van der Waals surface area (Å²) in [5.41, 5.74) is 0.381. The molecule has 0 aliphatic heterocycles. The van der Waals surface area contributed by atoms with Gasteiger partial charge in [-0.25, -0.2) is 0 Å². The fraction of sp³-hybridized carbons (Fsp3) is 0.750. The van der Waals surface area contributed by atoms with Crippen LogP contribution in [0.4, 0.5) is 5.69 Å². The summed E-state index contributed by atoms with van der Waals surface area (Å²) in [7, 11) is 0. The van der Waals surface area contributed by atoms with Crippen molar-refractivity contribution in [3.8, 4) is 0 Å². The van der Waals surface area contributed by atoms with Gasteiger partial charge in [-0.1, -0.05) is 6.42 Å². The van der Waals surface area contributed by atoms with Crippen molar-refractivity contribution in [1.29, 1.82) is 0 Å². The first-order valence-corrected chi connectivity index (χ1v) is 8.42. The Labute approximate surface area is 135 Å². The highest BCUT2D eigenvalue weighted by molar-refractivity contribution is 5.76. The zero-order valence-electron chi connectivity index (χ0n) is 13.7. The second-order valence-electron chi connectivity index (χ2n) is 7.06. The number of aryl methyl sites for hydroxylation is 2. The zero-order chi connectivity index (χ0) is 16.6. The molecule has 1 aromatic heterocycles. The lowest BCUT2D eigenvalue weighted by Gasteiger charge is -2.28. The highest BCUT2D eigenvalue weighted by Gasteiger charge is 2.42. The van der Waals surface area contributed by atoms with Crippen molar-refractivity contribution >= 4 is 11.6 Å². The largest absolute Gasteiger partial charge is 0.353 e. The molecule has 2 aliphatic carbocycles. The predicted molar refractivity (Wildman–Crippen MR) is 84.8 cm³/mol. The Morgan fingerprint density at radius 3 is 2.87 bits per heavy atom. The summed E-state index contributed by atoms with van der Waals surface area (Å²) >= 11 is 0. The summed E-state index contributed by atoms with van der Waals surface area (Å²) in [6.07, 6.45) is 6.94. The van der Waals surface area contributed by atoms with E-state index in [1.165, 1.54) is 36.6 Å². The number of carbonyl (C=O) groups excluding carboxylic acids is 1. The van der Waals surface area contributed by atoms with E-state index in [2.05, 4.69) is 17.3 Å². The van der Waals surface area contributed by atoms with E-state index < -0.39 is 4.92 Å². The van der Waals surface area contributed by atoms with Crippen molar-refractivity contribution in [2.24, 2.45) is 17.8 Å². The maximum Gasteiger partial charge on any atom is 0.309 e. The number of nitro groups is 1. The third-order valence-corrected chi connectivity index (χ3v) is 5.51. The van der Waals surface area contributed by atoms with Gasteiger partial charge in [0.25, 0.3) is 0 Å². The second-order valence-corrected chi connectivity index (χ2v) is 7.06. The van der Waals surface area contributed by atoms with E-state index in [0.29, 0.717) is 24.6 Å². The van der Waals surface area contributed by atoms with Crippen LogP contribution < -0.4 is 5.32 Å². The lowest BCUT2D eigenvalue weighted by molar-refractivity contribution is -0.385. The van der Waals surface area contributed by atoms with Crippen molar-refractivity contribution in [2.45, 2.75) is 58.5 Å². The molecular weight excluding hydrogens is 296 g/mol. The molecule has 2 aliphatic rings. The molecule has 1 N–H and O–H groups in total. The van der Waals surface area contributed by atoms with Crippen molar-refractivity contribution in [3.05, 3.63) is 22.0 Å². The van der Waals surface area contributed by atoms with Crippen LogP contribution in [0.5, 0.6) is 0 Å². The Kier molecular flexibility index (Phi) is 4.37. The van der Waals surface area contributed by atoms with Gasteiger partial charge < -0.3 is 5.32 Å². The molecule has 4 atom stereocenters. The monoisotopic (exact) mass is 320 g/mol. The maximum absolute atomic E-state index is 12.1. The van der Waals surface area contributed by atoms with Crippen molar-refractivity contribution in [1.82, 2.24) is 15.1 Å². The van der Waals surface area contributed by atoms with Crippen LogP contribution in [0.3, 0.4) is 0 Å². The number of nitrogens with one attached hydrogen (secondary N) is 1. The van der Waals surface area contributed by atoms with E-state index >= 15 is 0 Å². The molecule has 0 aromatic carbocycles. The third-order valence-electron chi connectivity index (χ3n) is 5.51. The molecule has 2 saturated carbocycles. The Morgan fingerprint density at radius 1 is 1.52 bits per heavy atom. The van der Waals surface area contributed by atoms with Crippen molar-refractivity contribution in [3.63, 3.8) is 0 Å². The maximum atomic E-state index is 12.1. The minimum atomic E-state index is -0.448. The molecule has 2 fully saturated rings. The van der Waals surface area contributed by atoms with Crippen LogP contribution in [0, 0.1) is 34.8 Å². The van der Waals surface area contributed by atoms with Gasteiger partial charge >= 0.3 is 5.69 Å². The second kappa shape index (κ2) is 6.29. The van der Waals surface area contributed by atoms with E-state index in [9.17, 15) is 14.9 Å². The fourth-order valence-corrected chi connectivity index (χ4v) is 4.36. The number of amides is 1. The van der Waals surface area contributed by atoms with Crippen LogP contribution in [0.2, 0.25) is 0 Å². The summed E-state index contributed by atoms with van der Waals surface area (Å²) in [5, 5.41) is 18.0. The number of hydrogen-bond donors (Lipinski definition) is 1. The van der Waals surface area contributed by atoms with Gasteiger partial charge in [0.1, 0.15) is 11.9 Å². The molecule has 2 bridgehead atoms. The molecule has 0 saturated heterocycles. The molecule has 23 heavy (non-hydrogen) atoms. The normalized spacial score (nSPS) is 27.1. The first-order chi connectivity index (χ1) is 10.9. The van der Waals surface area contributed by atoms with E-state index in [1.807, 2.05) is 0 Å². The van der Waals surface area contributed by atoms with Crippen LogP contribution in [0.25, 0.3) is 0 Å². The van der Waals surface area contributed by atoms with Gasteiger partial charge in [0.05, 0.1) is 4.92 Å². The van der Waals surface area contributed by atoms with E-state index in [4.69, 9.17) is 0 Å². The van der Waals surface area contributed by atoms with Gasteiger partial charge in [0, 0.05) is 19.0 Å². The Morgan fingerprint density at radius 2 is 2.30 bits per heavy atom. The standard InChI is InChI=1S/C16H24N4O3/c1-10(14-8-12-3-4-13(14)7-12)17-16(21)5-6-19-9-15(20(22)23)11(2)18-19/h9-10,12-14H,3-8H2,1-2H3,(H,17,21). The first kappa shape index (κ1) is 16.0. The Hall–Kier alpha value is -1.92. The average molecular weight is 320 g/mol. The molecule has 126 valence electrons.